The number of hydrogen-bond donors (Lipinski definition) is 7. The van der Waals surface area contributed by atoms with E-state index in [2.05, 4.69) is 31.1 Å². The molecule has 7 aromatic rings. The molecule has 0 atom stereocenters. The van der Waals surface area contributed by atoms with Crippen molar-refractivity contribution in [3.05, 3.63) is 115 Å². The number of fused-ring (bicyclic) bond motifs is 3. The number of phenols is 2. The van der Waals surface area contributed by atoms with E-state index < -0.39 is 69.1 Å². The predicted octanol–water partition coefficient (Wildman–Crippen LogP) is 5.78. The van der Waals surface area contributed by atoms with Gasteiger partial charge in [-0.2, -0.15) is 35.5 Å². The van der Waals surface area contributed by atoms with E-state index in [1.165, 1.54) is 72.8 Å². The van der Waals surface area contributed by atoms with Gasteiger partial charge >= 0.3 is 35.6 Å². The van der Waals surface area contributed by atoms with Gasteiger partial charge in [0.1, 0.15) is 21.2 Å². The number of benzene rings is 7. The fraction of sp³-hybridized carbons (Fsp3) is 0. The number of carbonyl (C=O) groups is 1. The minimum absolute atomic E-state index is 0. The molecule has 59 heavy (non-hydrogen) atoms. The number of nitrogens with zero attached hydrogens (tertiary/aromatic N) is 4. The molecule has 294 valence electrons. The van der Waals surface area contributed by atoms with Gasteiger partial charge in [0.25, 0.3) is 30.4 Å². The van der Waals surface area contributed by atoms with Crippen molar-refractivity contribution in [2.24, 2.45) is 20.5 Å². The predicted molar refractivity (Wildman–Crippen MR) is 212 cm³/mol. The Morgan fingerprint density at radius 2 is 0.949 bits per heavy atom. The first kappa shape index (κ1) is 42.7. The number of carbonyl (C=O) groups excluding carboxylic acids is 1. The van der Waals surface area contributed by atoms with E-state index in [0.29, 0.717) is 16.5 Å². The summed E-state index contributed by atoms with van der Waals surface area (Å²) in [6.07, 6.45) is 0. The second kappa shape index (κ2) is 16.4. The molecule has 7 N–H and O–H groups in total. The molecule has 18 nitrogen and oxygen atoms in total. The van der Waals surface area contributed by atoms with Crippen LogP contribution in [0.4, 0.5) is 38.9 Å². The number of rotatable bonds is 9. The summed E-state index contributed by atoms with van der Waals surface area (Å²) in [5, 5.41) is 44.1. The Hall–Kier alpha value is -5.88. The third-order valence-electron chi connectivity index (χ3n) is 8.55. The first-order chi connectivity index (χ1) is 27.3. The summed E-state index contributed by atoms with van der Waals surface area (Å²) in [5.41, 5.74) is -0.351. The van der Waals surface area contributed by atoms with Crippen LogP contribution in [-0.4, -0.2) is 55.2 Å². The second-order valence-electron chi connectivity index (χ2n) is 12.4. The van der Waals surface area contributed by atoms with Gasteiger partial charge in [-0.15, -0.1) is 10.2 Å². The Kier molecular flexibility index (Phi) is 11.9. The molecule has 0 spiro atoms. The number of nitrogens with one attached hydrogen (secondary N) is 2. The molecule has 0 radical (unpaired) electrons. The van der Waals surface area contributed by atoms with Crippen LogP contribution in [-0.2, 0) is 30.4 Å². The topological polar surface area (TPSA) is 294 Å². The summed E-state index contributed by atoms with van der Waals surface area (Å²) in [6, 6.07) is 25.8. The van der Waals surface area contributed by atoms with Crippen LogP contribution in [0, 0.1) is 0 Å². The Balaban J connectivity index is 0.00000585. The van der Waals surface area contributed by atoms with Crippen molar-refractivity contribution in [2.45, 2.75) is 14.7 Å². The van der Waals surface area contributed by atoms with Gasteiger partial charge in [-0.3, -0.25) is 13.7 Å². The molecule has 2 amide bonds. The summed E-state index contributed by atoms with van der Waals surface area (Å²) in [6.45, 7) is 0. The van der Waals surface area contributed by atoms with Gasteiger partial charge in [-0.1, -0.05) is 30.3 Å². The normalized spacial score (nSPS) is 12.3. The summed E-state index contributed by atoms with van der Waals surface area (Å²) in [4.78, 5) is 11.2. The van der Waals surface area contributed by atoms with Crippen molar-refractivity contribution in [1.82, 2.24) is 0 Å². The van der Waals surface area contributed by atoms with Crippen LogP contribution in [0.3, 0.4) is 0 Å². The van der Waals surface area contributed by atoms with Gasteiger partial charge in [0.15, 0.2) is 11.5 Å². The number of aromatic hydroxyl groups is 2. The van der Waals surface area contributed by atoms with E-state index in [1.807, 2.05) is 0 Å². The van der Waals surface area contributed by atoms with E-state index in [4.69, 9.17) is 0 Å². The van der Waals surface area contributed by atoms with Crippen LogP contribution in [0.1, 0.15) is 0 Å². The molecule has 0 heterocycles. The Morgan fingerprint density at radius 1 is 0.475 bits per heavy atom. The van der Waals surface area contributed by atoms with Crippen LogP contribution in [0.15, 0.2) is 150 Å². The average molecular weight is 866 g/mol. The zero-order chi connectivity index (χ0) is 41.6. The van der Waals surface area contributed by atoms with Gasteiger partial charge < -0.3 is 20.8 Å². The smallest absolute Gasteiger partial charge is 0.505 e. The standard InChI is InChI=1S/C37H26N6O12S3.Na/c44-35-29-12-9-25(15-22(29)18-31(57(50,51)52)33(35)42-40-24-4-2-1-3-5-24)38-37(46)39-26-10-13-30-23(16-26)19-32(58(53,54)55)34(36(30)45)43-41-27-8-6-21-17-28(56(47,48)49)11-7-20(21)14-27;/h1-19,44-45H,(H2,38,39,46)(H,47,48,49)(H,50,51,52)(H,53,54,55);/q;+1. The second-order valence-corrected chi connectivity index (χ2v) is 16.7. The first-order valence-corrected chi connectivity index (χ1v) is 20.7. The van der Waals surface area contributed by atoms with Gasteiger partial charge in [-0.05, 0) is 106 Å². The van der Waals surface area contributed by atoms with Crippen molar-refractivity contribution >= 4 is 103 Å². The third-order valence-corrected chi connectivity index (χ3v) is 11.1. The largest absolute Gasteiger partial charge is 1.00 e. The monoisotopic (exact) mass is 865 g/mol. The van der Waals surface area contributed by atoms with Gasteiger partial charge in [-0.25, -0.2) is 4.79 Å². The average Bonchev–Trinajstić information content (AvgIpc) is 3.16. The number of azo groups is 2. The minimum Gasteiger partial charge on any atom is -0.505 e. The van der Waals surface area contributed by atoms with E-state index in [-0.39, 0.29) is 73.1 Å². The van der Waals surface area contributed by atoms with Gasteiger partial charge in [0.05, 0.1) is 16.3 Å². The molecule has 7 aromatic carbocycles. The molecule has 0 aliphatic rings. The maximum atomic E-state index is 13.0. The van der Waals surface area contributed by atoms with Crippen LogP contribution >= 0.6 is 0 Å². The molecular weight excluding hydrogens is 840 g/mol. The van der Waals surface area contributed by atoms with Crippen molar-refractivity contribution in [2.75, 3.05) is 10.6 Å². The van der Waals surface area contributed by atoms with Crippen molar-refractivity contribution in [3.63, 3.8) is 0 Å². The van der Waals surface area contributed by atoms with Crippen molar-refractivity contribution in [3.8, 4) is 11.5 Å². The number of urea groups is 1. The Morgan fingerprint density at radius 3 is 1.44 bits per heavy atom. The van der Waals surface area contributed by atoms with Crippen LogP contribution in [0.5, 0.6) is 11.5 Å². The van der Waals surface area contributed by atoms with E-state index in [9.17, 15) is 53.9 Å². The molecule has 0 unspecified atom stereocenters. The quantitative estimate of drug-likeness (QED) is 0.0517. The first-order valence-electron chi connectivity index (χ1n) is 16.4. The van der Waals surface area contributed by atoms with Gasteiger partial charge in [0.2, 0.25) is 0 Å². The summed E-state index contributed by atoms with van der Waals surface area (Å²) in [7, 11) is -14.4. The number of hydrogen-bond acceptors (Lipinski definition) is 13. The molecule has 0 bridgehead atoms. The van der Waals surface area contributed by atoms with E-state index in [0.717, 1.165) is 12.1 Å². The van der Waals surface area contributed by atoms with Crippen molar-refractivity contribution < 1.29 is 83.5 Å². The molecule has 0 saturated carbocycles. The van der Waals surface area contributed by atoms with Gasteiger partial charge in [0, 0.05) is 22.1 Å². The molecular formula is C37H26N6NaO12S3+. The third kappa shape index (κ3) is 9.38. The fourth-order valence-corrected chi connectivity index (χ4v) is 7.71. The summed E-state index contributed by atoms with van der Waals surface area (Å²) in [5.74, 6) is -1.27. The van der Waals surface area contributed by atoms with Crippen molar-refractivity contribution in [1.29, 1.82) is 0 Å². The maximum absolute atomic E-state index is 13.0. The Bertz CT molecular complexity index is 3260. The van der Waals surface area contributed by atoms with Crippen LogP contribution in [0.2, 0.25) is 0 Å². The van der Waals surface area contributed by atoms with Crippen LogP contribution in [0.25, 0.3) is 32.3 Å². The fourth-order valence-electron chi connectivity index (χ4n) is 5.88. The molecule has 0 aliphatic carbocycles. The molecule has 22 heteroatoms. The molecule has 0 aliphatic heterocycles. The zero-order valence-electron chi connectivity index (χ0n) is 30.1. The molecule has 0 fully saturated rings. The summed E-state index contributed by atoms with van der Waals surface area (Å²) >= 11 is 0. The number of amides is 2. The Labute approximate surface area is 356 Å². The van der Waals surface area contributed by atoms with E-state index >= 15 is 0 Å². The van der Waals surface area contributed by atoms with E-state index in [1.54, 1.807) is 30.3 Å². The minimum atomic E-state index is -5.01. The van der Waals surface area contributed by atoms with Crippen LogP contribution < -0.4 is 40.2 Å². The zero-order valence-corrected chi connectivity index (χ0v) is 34.5. The SMILES string of the molecule is O=C(Nc1ccc2c(O)c(N=Nc3ccccc3)c(S(=O)(=O)O)cc2c1)Nc1ccc2c(O)c(N=Nc3ccc4cc(S(=O)(=O)O)ccc4c3)c(S(=O)(=O)O)cc2c1.[Na+]. The number of anilines is 2. The number of phenolic OH excluding ortho intramolecular Hbond substituents is 2. The molecule has 0 aromatic heterocycles. The maximum Gasteiger partial charge on any atom is 1.00 e. The molecule has 0 saturated heterocycles. The summed E-state index contributed by atoms with van der Waals surface area (Å²) < 4.78 is 102. The molecule has 7 rings (SSSR count).